The van der Waals surface area contributed by atoms with Crippen LogP contribution in [0.15, 0.2) is 0 Å². The van der Waals surface area contributed by atoms with E-state index < -0.39 is 0 Å². The summed E-state index contributed by atoms with van der Waals surface area (Å²) in [6.45, 7) is 4.95. The van der Waals surface area contributed by atoms with Crippen LogP contribution in [0.5, 0.6) is 0 Å². The molecule has 3 heteroatoms. The second-order valence-corrected chi connectivity index (χ2v) is 3.09. The molecule has 0 spiro atoms. The van der Waals surface area contributed by atoms with Gasteiger partial charge in [-0.2, -0.15) is 0 Å². The highest BCUT2D eigenvalue weighted by Crippen LogP contribution is 2.15. The maximum Gasteiger partial charge on any atom is 0.206 e. The van der Waals surface area contributed by atoms with Gasteiger partial charge in [0.2, 0.25) is 6.29 Å². The van der Waals surface area contributed by atoms with Gasteiger partial charge in [0.15, 0.2) is 6.29 Å². The van der Waals surface area contributed by atoms with Gasteiger partial charge in [-0.25, -0.2) is 0 Å². The first kappa shape index (κ1) is 8.68. The smallest absolute Gasteiger partial charge is 0.206 e. The molecule has 0 aromatic carbocycles. The summed E-state index contributed by atoms with van der Waals surface area (Å²) < 4.78 is 10.5. The second kappa shape index (κ2) is 3.83. The number of carbonyl (C=O) groups excluding carboxylic acids is 1. The summed E-state index contributed by atoms with van der Waals surface area (Å²) in [4.78, 5) is 10.2. The van der Waals surface area contributed by atoms with Gasteiger partial charge < -0.3 is 9.47 Å². The van der Waals surface area contributed by atoms with Gasteiger partial charge in [-0.05, 0) is 0 Å². The molecule has 1 rings (SSSR count). The standard InChI is InChI=1S/C8H13O3/c1-6(2)8-10-4-7(3-9)5-11-8/h6-8H,4-5H2,1-2H3. The average Bonchev–Trinajstić information content (AvgIpc) is 2.05. The molecule has 3 nitrogen and oxygen atoms in total. The molecule has 0 saturated carbocycles. The normalized spacial score (nSPS) is 32.3. The fraction of sp³-hybridized carbons (Fsp3) is 0.875. The van der Waals surface area contributed by atoms with E-state index in [0.717, 1.165) is 0 Å². The molecule has 1 heterocycles. The van der Waals surface area contributed by atoms with Gasteiger partial charge in [-0.1, -0.05) is 13.8 Å². The van der Waals surface area contributed by atoms with E-state index >= 15 is 0 Å². The van der Waals surface area contributed by atoms with Crippen molar-refractivity contribution in [1.29, 1.82) is 0 Å². The topological polar surface area (TPSA) is 35.5 Å². The van der Waals surface area contributed by atoms with Crippen molar-refractivity contribution in [3.8, 4) is 0 Å². The van der Waals surface area contributed by atoms with Crippen LogP contribution in [0.3, 0.4) is 0 Å². The molecule has 1 radical (unpaired) electrons. The third kappa shape index (κ3) is 2.27. The van der Waals surface area contributed by atoms with Crippen LogP contribution in [0.1, 0.15) is 13.8 Å². The van der Waals surface area contributed by atoms with Crippen LogP contribution in [-0.4, -0.2) is 25.8 Å². The van der Waals surface area contributed by atoms with E-state index in [2.05, 4.69) is 0 Å². The third-order valence-electron chi connectivity index (χ3n) is 1.63. The predicted molar refractivity (Wildman–Crippen MR) is 39.7 cm³/mol. The van der Waals surface area contributed by atoms with Gasteiger partial charge >= 0.3 is 0 Å². The molecule has 0 amide bonds. The molecule has 0 aromatic rings. The minimum absolute atomic E-state index is 0.139. The lowest BCUT2D eigenvalue weighted by Gasteiger charge is -2.28. The lowest BCUT2D eigenvalue weighted by molar-refractivity contribution is -0.209. The Hall–Kier alpha value is -0.410. The van der Waals surface area contributed by atoms with Gasteiger partial charge in [-0.3, -0.25) is 4.79 Å². The maximum absolute atomic E-state index is 10.2. The van der Waals surface area contributed by atoms with Crippen LogP contribution >= 0.6 is 0 Å². The molecule has 0 atom stereocenters. The van der Waals surface area contributed by atoms with Crippen LogP contribution < -0.4 is 0 Å². The molecule has 0 aliphatic carbocycles. The van der Waals surface area contributed by atoms with Crippen LogP contribution in [0.25, 0.3) is 0 Å². The van der Waals surface area contributed by atoms with Crippen molar-refractivity contribution in [1.82, 2.24) is 0 Å². The van der Waals surface area contributed by atoms with Crippen molar-refractivity contribution < 1.29 is 14.3 Å². The van der Waals surface area contributed by atoms with E-state index in [1.54, 1.807) is 0 Å². The number of hydrogen-bond donors (Lipinski definition) is 0. The Kier molecular flexibility index (Phi) is 3.02. The highest BCUT2D eigenvalue weighted by molar-refractivity contribution is 5.54. The van der Waals surface area contributed by atoms with Crippen molar-refractivity contribution in [3.05, 3.63) is 0 Å². The summed E-state index contributed by atoms with van der Waals surface area (Å²) in [5.41, 5.74) is 0. The maximum atomic E-state index is 10.2. The molecule has 1 aliphatic heterocycles. The van der Waals surface area contributed by atoms with E-state index in [1.807, 2.05) is 20.1 Å². The van der Waals surface area contributed by atoms with Crippen LogP contribution in [0.4, 0.5) is 0 Å². The molecule has 63 valence electrons. The number of ether oxygens (including phenoxy) is 2. The highest BCUT2D eigenvalue weighted by atomic mass is 16.7. The SMILES string of the molecule is CC(C)C1OCC([C]=O)CO1. The first-order valence-corrected chi connectivity index (χ1v) is 3.85. The summed E-state index contributed by atoms with van der Waals surface area (Å²) in [5, 5.41) is 0. The average molecular weight is 157 g/mol. The summed E-state index contributed by atoms with van der Waals surface area (Å²) in [6, 6.07) is 0. The lowest BCUT2D eigenvalue weighted by atomic mass is 10.1. The predicted octanol–water partition coefficient (Wildman–Crippen LogP) is 0.741. The van der Waals surface area contributed by atoms with Gasteiger partial charge in [0.25, 0.3) is 0 Å². The molecular formula is C8H13O3. The summed E-state index contributed by atoms with van der Waals surface area (Å²) in [7, 11) is 0. The van der Waals surface area contributed by atoms with Crippen LogP contribution in [-0.2, 0) is 14.3 Å². The van der Waals surface area contributed by atoms with E-state index in [-0.39, 0.29) is 12.2 Å². The molecule has 1 saturated heterocycles. The fourth-order valence-corrected chi connectivity index (χ4v) is 0.971. The van der Waals surface area contributed by atoms with Crippen LogP contribution in [0.2, 0.25) is 0 Å². The molecule has 0 bridgehead atoms. The second-order valence-electron chi connectivity index (χ2n) is 3.09. The molecule has 0 aromatic heterocycles. The molecule has 0 N–H and O–H groups in total. The van der Waals surface area contributed by atoms with Gasteiger partial charge in [-0.15, -0.1) is 0 Å². The van der Waals surface area contributed by atoms with E-state index in [1.165, 1.54) is 0 Å². The molecule has 1 aliphatic rings. The summed E-state index contributed by atoms with van der Waals surface area (Å²) >= 11 is 0. The van der Waals surface area contributed by atoms with E-state index in [4.69, 9.17) is 9.47 Å². The lowest BCUT2D eigenvalue weighted by Crippen LogP contribution is -2.35. The molecule has 11 heavy (non-hydrogen) atoms. The Morgan fingerprint density at radius 2 is 1.91 bits per heavy atom. The zero-order valence-electron chi connectivity index (χ0n) is 6.87. The van der Waals surface area contributed by atoms with Crippen molar-refractivity contribution in [2.45, 2.75) is 20.1 Å². The Morgan fingerprint density at radius 3 is 2.27 bits per heavy atom. The number of rotatable bonds is 2. The quantitative estimate of drug-likeness (QED) is 0.593. The zero-order valence-corrected chi connectivity index (χ0v) is 6.87. The van der Waals surface area contributed by atoms with Crippen molar-refractivity contribution in [2.24, 2.45) is 11.8 Å². The molecule has 1 fully saturated rings. The van der Waals surface area contributed by atoms with Crippen molar-refractivity contribution in [2.75, 3.05) is 13.2 Å². The van der Waals surface area contributed by atoms with Gasteiger partial charge in [0.05, 0.1) is 19.1 Å². The Bertz CT molecular complexity index is 125. The first-order chi connectivity index (χ1) is 5.24. The summed E-state index contributed by atoms with van der Waals surface area (Å²) in [6.07, 6.45) is 1.72. The fourth-order valence-electron chi connectivity index (χ4n) is 0.971. The summed E-state index contributed by atoms with van der Waals surface area (Å²) in [5.74, 6) is 0.160. The zero-order chi connectivity index (χ0) is 8.27. The Balaban J connectivity index is 2.29. The Morgan fingerprint density at radius 1 is 1.36 bits per heavy atom. The highest BCUT2D eigenvalue weighted by Gasteiger charge is 2.24. The van der Waals surface area contributed by atoms with Crippen LogP contribution in [0, 0.1) is 11.8 Å². The Labute approximate surface area is 66.7 Å². The first-order valence-electron chi connectivity index (χ1n) is 3.85. The van der Waals surface area contributed by atoms with Gasteiger partial charge in [0, 0.05) is 5.92 Å². The minimum atomic E-state index is -0.190. The largest absolute Gasteiger partial charge is 0.352 e. The molecule has 0 unspecified atom stereocenters. The van der Waals surface area contributed by atoms with Gasteiger partial charge in [0.1, 0.15) is 0 Å². The monoisotopic (exact) mass is 157 g/mol. The van der Waals surface area contributed by atoms with E-state index in [9.17, 15) is 4.79 Å². The molecular weight excluding hydrogens is 144 g/mol. The van der Waals surface area contributed by atoms with Crippen molar-refractivity contribution >= 4 is 6.29 Å². The van der Waals surface area contributed by atoms with E-state index in [0.29, 0.717) is 19.1 Å². The minimum Gasteiger partial charge on any atom is -0.352 e. The number of hydrogen-bond acceptors (Lipinski definition) is 3. The third-order valence-corrected chi connectivity index (χ3v) is 1.63. The van der Waals surface area contributed by atoms with Crippen molar-refractivity contribution in [3.63, 3.8) is 0 Å².